The molecule has 2 rings (SSSR count). The van der Waals surface area contributed by atoms with Crippen LogP contribution in [0.5, 0.6) is 0 Å². The number of aryl methyl sites for hydroxylation is 2. The van der Waals surface area contributed by atoms with Gasteiger partial charge in [-0.15, -0.1) is 11.3 Å². The van der Waals surface area contributed by atoms with Crippen LogP contribution in [0.2, 0.25) is 0 Å². The number of carbonyl (C=O) groups is 2. The highest BCUT2D eigenvalue weighted by molar-refractivity contribution is 7.16. The Labute approximate surface area is 133 Å². The summed E-state index contributed by atoms with van der Waals surface area (Å²) in [4.78, 5) is 25.5. The predicted octanol–water partition coefficient (Wildman–Crippen LogP) is 4.08. The van der Waals surface area contributed by atoms with E-state index in [2.05, 4.69) is 5.32 Å². The molecule has 0 fully saturated rings. The Kier molecular flexibility index (Phi) is 4.71. The molecule has 0 saturated carbocycles. The molecule has 1 N–H and O–H groups in total. The van der Waals surface area contributed by atoms with Crippen LogP contribution in [0.15, 0.2) is 16.7 Å². The summed E-state index contributed by atoms with van der Waals surface area (Å²) in [5.41, 5.74) is 1.70. The Bertz CT molecular complexity index is 712. The molecule has 5 nitrogen and oxygen atoms in total. The van der Waals surface area contributed by atoms with Crippen LogP contribution in [0.3, 0.4) is 0 Å². The van der Waals surface area contributed by atoms with Crippen LogP contribution in [0.1, 0.15) is 50.8 Å². The number of anilines is 1. The van der Waals surface area contributed by atoms with Gasteiger partial charge in [0.1, 0.15) is 10.8 Å². The Balaban J connectivity index is 2.32. The zero-order chi connectivity index (χ0) is 16.4. The molecular formula is C16H19NO4S. The lowest BCUT2D eigenvalue weighted by atomic mass is 10.1. The van der Waals surface area contributed by atoms with E-state index < -0.39 is 5.97 Å². The minimum atomic E-state index is -0.420. The van der Waals surface area contributed by atoms with Gasteiger partial charge in [0.15, 0.2) is 0 Å². The quantitative estimate of drug-likeness (QED) is 0.861. The van der Waals surface area contributed by atoms with E-state index in [4.69, 9.17) is 9.15 Å². The van der Waals surface area contributed by atoms with Gasteiger partial charge in [0.25, 0.3) is 5.91 Å². The number of carbonyl (C=O) groups excluding carboxylic acids is 2. The lowest BCUT2D eigenvalue weighted by Gasteiger charge is -2.10. The maximum Gasteiger partial charge on any atom is 0.341 e. The van der Waals surface area contributed by atoms with Crippen molar-refractivity contribution in [2.24, 2.45) is 0 Å². The predicted molar refractivity (Wildman–Crippen MR) is 85.7 cm³/mol. The average molecular weight is 321 g/mol. The normalized spacial score (nSPS) is 10.8. The highest BCUT2D eigenvalue weighted by atomic mass is 32.1. The SMILES string of the molecule is Cc1occc1C(=O)Nc1sc(C)c(C)c1C(=O)OC(C)C. The molecule has 2 aromatic heterocycles. The fourth-order valence-corrected chi connectivity index (χ4v) is 3.07. The molecule has 0 aliphatic carbocycles. The van der Waals surface area contributed by atoms with Crippen LogP contribution in [0, 0.1) is 20.8 Å². The monoisotopic (exact) mass is 321 g/mol. The number of esters is 1. The molecule has 118 valence electrons. The number of amides is 1. The number of ether oxygens (including phenoxy) is 1. The first-order valence-electron chi connectivity index (χ1n) is 6.97. The third-order valence-corrected chi connectivity index (χ3v) is 4.39. The minimum Gasteiger partial charge on any atom is -0.469 e. The second kappa shape index (κ2) is 6.36. The van der Waals surface area contributed by atoms with Crippen molar-refractivity contribution in [1.82, 2.24) is 0 Å². The zero-order valence-corrected chi connectivity index (χ0v) is 14.1. The topological polar surface area (TPSA) is 68.5 Å². The van der Waals surface area contributed by atoms with Gasteiger partial charge in [-0.25, -0.2) is 4.79 Å². The molecule has 2 aromatic rings. The molecule has 1 amide bonds. The molecule has 2 heterocycles. The first-order chi connectivity index (χ1) is 10.3. The Morgan fingerprint density at radius 1 is 1.27 bits per heavy atom. The third kappa shape index (κ3) is 3.22. The second-order valence-electron chi connectivity index (χ2n) is 5.29. The van der Waals surface area contributed by atoms with Crippen molar-refractivity contribution in [2.75, 3.05) is 5.32 Å². The van der Waals surface area contributed by atoms with Crippen LogP contribution < -0.4 is 5.32 Å². The smallest absolute Gasteiger partial charge is 0.341 e. The highest BCUT2D eigenvalue weighted by Crippen LogP contribution is 2.33. The number of thiophene rings is 1. The van der Waals surface area contributed by atoms with Crippen LogP contribution in [-0.2, 0) is 4.74 Å². The molecule has 0 aliphatic heterocycles. The highest BCUT2D eigenvalue weighted by Gasteiger charge is 2.24. The van der Waals surface area contributed by atoms with Crippen molar-refractivity contribution in [3.63, 3.8) is 0 Å². The van der Waals surface area contributed by atoms with Crippen LogP contribution >= 0.6 is 11.3 Å². The summed E-state index contributed by atoms with van der Waals surface area (Å²) < 4.78 is 10.4. The summed E-state index contributed by atoms with van der Waals surface area (Å²) in [6, 6.07) is 1.60. The van der Waals surface area contributed by atoms with Crippen molar-refractivity contribution in [3.8, 4) is 0 Å². The summed E-state index contributed by atoms with van der Waals surface area (Å²) in [5.74, 6) is -0.184. The van der Waals surface area contributed by atoms with Gasteiger partial charge in [0.05, 0.1) is 23.5 Å². The summed E-state index contributed by atoms with van der Waals surface area (Å²) >= 11 is 1.36. The van der Waals surface area contributed by atoms with E-state index in [-0.39, 0.29) is 12.0 Å². The number of hydrogen-bond donors (Lipinski definition) is 1. The second-order valence-corrected chi connectivity index (χ2v) is 6.51. The standard InChI is InChI=1S/C16H19NO4S/c1-8(2)21-16(19)13-9(3)11(5)22-15(13)17-14(18)12-6-7-20-10(12)4/h6-8H,1-5H3,(H,17,18). The maximum atomic E-state index is 12.3. The molecule has 0 unspecified atom stereocenters. The van der Waals surface area contributed by atoms with Crippen molar-refractivity contribution in [3.05, 3.63) is 39.7 Å². The largest absolute Gasteiger partial charge is 0.469 e. The summed E-state index contributed by atoms with van der Waals surface area (Å²) in [5, 5.41) is 3.29. The lowest BCUT2D eigenvalue weighted by molar-refractivity contribution is 0.0379. The number of furan rings is 1. The van der Waals surface area contributed by atoms with Crippen molar-refractivity contribution in [2.45, 2.75) is 40.7 Å². The van der Waals surface area contributed by atoms with E-state index in [9.17, 15) is 9.59 Å². The van der Waals surface area contributed by atoms with Crippen LogP contribution in [-0.4, -0.2) is 18.0 Å². The van der Waals surface area contributed by atoms with E-state index in [1.807, 2.05) is 13.8 Å². The molecule has 0 atom stereocenters. The van der Waals surface area contributed by atoms with Gasteiger partial charge in [0, 0.05) is 4.88 Å². The number of nitrogens with one attached hydrogen (secondary N) is 1. The third-order valence-electron chi connectivity index (χ3n) is 3.26. The van der Waals surface area contributed by atoms with Crippen molar-refractivity contribution < 1.29 is 18.7 Å². The van der Waals surface area contributed by atoms with E-state index in [1.165, 1.54) is 17.6 Å². The van der Waals surface area contributed by atoms with Crippen LogP contribution in [0.4, 0.5) is 5.00 Å². The maximum absolute atomic E-state index is 12.3. The molecule has 0 spiro atoms. The van der Waals surface area contributed by atoms with Gasteiger partial charge < -0.3 is 14.5 Å². The summed E-state index contributed by atoms with van der Waals surface area (Å²) in [6.07, 6.45) is 1.25. The minimum absolute atomic E-state index is 0.216. The van der Waals surface area contributed by atoms with Gasteiger partial charge >= 0.3 is 5.97 Å². The number of hydrogen-bond acceptors (Lipinski definition) is 5. The average Bonchev–Trinajstić information content (AvgIpc) is 2.94. The molecule has 0 bridgehead atoms. The fourth-order valence-electron chi connectivity index (χ4n) is 2.02. The Hall–Kier alpha value is -2.08. The number of rotatable bonds is 4. The van der Waals surface area contributed by atoms with Crippen molar-refractivity contribution in [1.29, 1.82) is 0 Å². The van der Waals surface area contributed by atoms with Gasteiger partial charge in [0.2, 0.25) is 0 Å². The van der Waals surface area contributed by atoms with Crippen LogP contribution in [0.25, 0.3) is 0 Å². The first-order valence-corrected chi connectivity index (χ1v) is 7.79. The van der Waals surface area contributed by atoms with E-state index in [1.54, 1.807) is 26.8 Å². The van der Waals surface area contributed by atoms with E-state index in [0.717, 1.165) is 10.4 Å². The van der Waals surface area contributed by atoms with E-state index in [0.29, 0.717) is 21.9 Å². The van der Waals surface area contributed by atoms with Crippen molar-refractivity contribution >= 4 is 28.2 Å². The molecule has 22 heavy (non-hydrogen) atoms. The van der Waals surface area contributed by atoms with Gasteiger partial charge in [-0.1, -0.05) is 0 Å². The van der Waals surface area contributed by atoms with Gasteiger partial charge in [-0.2, -0.15) is 0 Å². The van der Waals surface area contributed by atoms with Gasteiger partial charge in [-0.05, 0) is 46.2 Å². The summed E-state index contributed by atoms with van der Waals surface area (Å²) in [7, 11) is 0. The van der Waals surface area contributed by atoms with Gasteiger partial charge in [-0.3, -0.25) is 4.79 Å². The zero-order valence-electron chi connectivity index (χ0n) is 13.3. The first kappa shape index (κ1) is 16.3. The molecule has 0 radical (unpaired) electrons. The molecule has 0 aliphatic rings. The molecule has 0 saturated heterocycles. The molecular weight excluding hydrogens is 302 g/mol. The molecule has 0 aromatic carbocycles. The molecule has 6 heteroatoms. The van der Waals surface area contributed by atoms with E-state index >= 15 is 0 Å². The Morgan fingerprint density at radius 2 is 1.95 bits per heavy atom. The fraction of sp³-hybridized carbons (Fsp3) is 0.375. The Morgan fingerprint density at radius 3 is 2.50 bits per heavy atom. The lowest BCUT2D eigenvalue weighted by Crippen LogP contribution is -2.17. The summed E-state index contributed by atoms with van der Waals surface area (Å²) in [6.45, 7) is 9.05.